The minimum Gasteiger partial charge on any atom is -0.467 e. The Morgan fingerprint density at radius 3 is 3.00 bits per heavy atom. The van der Waals surface area contributed by atoms with Crippen molar-refractivity contribution in [2.45, 2.75) is 6.10 Å². The summed E-state index contributed by atoms with van der Waals surface area (Å²) in [7, 11) is 0. The first kappa shape index (κ1) is 14.2. The van der Waals surface area contributed by atoms with E-state index in [1.807, 2.05) is 0 Å². The molecule has 0 saturated heterocycles. The molecule has 0 fully saturated rings. The molecule has 1 aromatic carbocycles. The van der Waals surface area contributed by atoms with Crippen LogP contribution in [0.2, 0.25) is 0 Å². The lowest BCUT2D eigenvalue weighted by atomic mass is 10.1. The Hall–Kier alpha value is -2.73. The average molecular weight is 300 g/mol. The fourth-order valence-electron chi connectivity index (χ4n) is 2.19. The molecule has 1 atom stereocenters. The summed E-state index contributed by atoms with van der Waals surface area (Å²) < 4.78 is 18.7. The third-order valence-corrected chi connectivity index (χ3v) is 3.24. The molecule has 0 bridgehead atoms. The van der Waals surface area contributed by atoms with Gasteiger partial charge in [0.15, 0.2) is 0 Å². The van der Waals surface area contributed by atoms with Crippen molar-refractivity contribution in [2.75, 3.05) is 6.54 Å². The second-order valence-corrected chi connectivity index (χ2v) is 4.77. The molecule has 2 N–H and O–H groups in total. The average Bonchev–Trinajstić information content (AvgIpc) is 3.06. The van der Waals surface area contributed by atoms with Gasteiger partial charge in [-0.05, 0) is 30.3 Å². The van der Waals surface area contributed by atoms with Crippen LogP contribution >= 0.6 is 0 Å². The molecular formula is C16H13FN2O3. The number of carbonyl (C=O) groups excluding carboxylic acids is 1. The zero-order valence-corrected chi connectivity index (χ0v) is 11.5. The number of benzene rings is 1. The van der Waals surface area contributed by atoms with Gasteiger partial charge in [0.2, 0.25) is 0 Å². The third kappa shape index (κ3) is 2.82. The molecule has 0 aliphatic rings. The first-order chi connectivity index (χ1) is 10.6. The third-order valence-electron chi connectivity index (χ3n) is 3.24. The highest BCUT2D eigenvalue weighted by atomic mass is 19.1. The quantitative estimate of drug-likeness (QED) is 0.776. The molecule has 6 heteroatoms. The number of aliphatic hydroxyl groups is 1. The standard InChI is InChI=1S/C16H13FN2O3/c17-11-7-10-3-1-5-18-15(10)12(8-11)16(21)19-9-13(20)14-4-2-6-22-14/h1-8,13,20H,9H2,(H,19,21). The largest absolute Gasteiger partial charge is 0.467 e. The number of nitrogens with one attached hydrogen (secondary N) is 1. The summed E-state index contributed by atoms with van der Waals surface area (Å²) in [5.41, 5.74) is 0.538. The van der Waals surface area contributed by atoms with Crippen LogP contribution in [0.1, 0.15) is 22.2 Å². The Kier molecular flexibility index (Phi) is 3.84. The van der Waals surface area contributed by atoms with Gasteiger partial charge in [-0.25, -0.2) is 4.39 Å². The minimum absolute atomic E-state index is 0.0445. The van der Waals surface area contributed by atoms with E-state index in [0.717, 1.165) is 6.07 Å². The van der Waals surface area contributed by atoms with Crippen LogP contribution in [0.3, 0.4) is 0 Å². The molecule has 1 amide bonds. The summed E-state index contributed by atoms with van der Waals surface area (Å²) in [6.07, 6.45) is 2.01. The number of aliphatic hydroxyl groups excluding tert-OH is 1. The van der Waals surface area contributed by atoms with Crippen LogP contribution in [-0.2, 0) is 0 Å². The van der Waals surface area contributed by atoms with Gasteiger partial charge >= 0.3 is 0 Å². The lowest BCUT2D eigenvalue weighted by Gasteiger charge is -2.11. The molecule has 2 heterocycles. The summed E-state index contributed by atoms with van der Waals surface area (Å²) in [4.78, 5) is 16.3. The van der Waals surface area contributed by atoms with Crippen LogP contribution in [0.25, 0.3) is 10.9 Å². The van der Waals surface area contributed by atoms with E-state index < -0.39 is 17.8 Å². The van der Waals surface area contributed by atoms with Crippen LogP contribution < -0.4 is 5.32 Å². The highest BCUT2D eigenvalue weighted by Crippen LogP contribution is 2.19. The molecular weight excluding hydrogens is 287 g/mol. The Balaban J connectivity index is 1.80. The molecule has 112 valence electrons. The molecule has 5 nitrogen and oxygen atoms in total. The number of fused-ring (bicyclic) bond motifs is 1. The maximum atomic E-state index is 13.6. The molecule has 1 unspecified atom stereocenters. The number of pyridine rings is 1. The predicted octanol–water partition coefficient (Wildman–Crippen LogP) is 2.43. The van der Waals surface area contributed by atoms with Crippen molar-refractivity contribution in [2.24, 2.45) is 0 Å². The zero-order valence-electron chi connectivity index (χ0n) is 11.5. The van der Waals surface area contributed by atoms with Crippen molar-refractivity contribution < 1.29 is 18.7 Å². The monoisotopic (exact) mass is 300 g/mol. The van der Waals surface area contributed by atoms with E-state index in [-0.39, 0.29) is 12.1 Å². The van der Waals surface area contributed by atoms with E-state index in [1.165, 1.54) is 18.5 Å². The maximum Gasteiger partial charge on any atom is 0.253 e. The maximum absolute atomic E-state index is 13.6. The smallest absolute Gasteiger partial charge is 0.253 e. The van der Waals surface area contributed by atoms with Gasteiger partial charge in [-0.3, -0.25) is 9.78 Å². The number of aromatic nitrogens is 1. The van der Waals surface area contributed by atoms with Gasteiger partial charge < -0.3 is 14.8 Å². The van der Waals surface area contributed by atoms with Crippen LogP contribution in [0, 0.1) is 5.82 Å². The Bertz CT molecular complexity index is 802. The Labute approximate surface area is 125 Å². The first-order valence-electron chi connectivity index (χ1n) is 6.69. The van der Waals surface area contributed by atoms with Crippen molar-refractivity contribution in [1.29, 1.82) is 0 Å². The molecule has 2 aromatic heterocycles. The van der Waals surface area contributed by atoms with E-state index in [1.54, 1.807) is 24.3 Å². The number of amides is 1. The zero-order chi connectivity index (χ0) is 15.5. The molecule has 22 heavy (non-hydrogen) atoms. The summed E-state index contributed by atoms with van der Waals surface area (Å²) in [5.74, 6) is -0.673. The highest BCUT2D eigenvalue weighted by Gasteiger charge is 2.16. The number of hydrogen-bond donors (Lipinski definition) is 2. The Morgan fingerprint density at radius 1 is 1.36 bits per heavy atom. The van der Waals surface area contributed by atoms with Crippen molar-refractivity contribution >= 4 is 16.8 Å². The fourth-order valence-corrected chi connectivity index (χ4v) is 2.19. The summed E-state index contributed by atoms with van der Waals surface area (Å²) in [5, 5.41) is 13.0. The lowest BCUT2D eigenvalue weighted by Crippen LogP contribution is -2.28. The number of carbonyl (C=O) groups is 1. The van der Waals surface area contributed by atoms with E-state index in [9.17, 15) is 14.3 Å². The number of halogens is 1. The van der Waals surface area contributed by atoms with Crippen molar-refractivity contribution in [3.63, 3.8) is 0 Å². The molecule has 3 aromatic rings. The topological polar surface area (TPSA) is 75.4 Å². The number of nitrogens with zero attached hydrogens (tertiary/aromatic N) is 1. The van der Waals surface area contributed by atoms with Gasteiger partial charge in [-0.1, -0.05) is 6.07 Å². The molecule has 0 aliphatic heterocycles. The summed E-state index contributed by atoms with van der Waals surface area (Å²) in [6, 6.07) is 9.05. The molecule has 0 radical (unpaired) electrons. The van der Waals surface area contributed by atoms with Crippen LogP contribution in [0.5, 0.6) is 0 Å². The molecule has 3 rings (SSSR count). The van der Waals surface area contributed by atoms with E-state index in [0.29, 0.717) is 16.7 Å². The Morgan fingerprint density at radius 2 is 2.23 bits per heavy atom. The number of hydrogen-bond acceptors (Lipinski definition) is 4. The van der Waals surface area contributed by atoms with Gasteiger partial charge in [-0.15, -0.1) is 0 Å². The lowest BCUT2D eigenvalue weighted by molar-refractivity contribution is 0.0902. The highest BCUT2D eigenvalue weighted by molar-refractivity contribution is 6.05. The van der Waals surface area contributed by atoms with Gasteiger partial charge in [-0.2, -0.15) is 0 Å². The van der Waals surface area contributed by atoms with Crippen LogP contribution in [-0.4, -0.2) is 22.5 Å². The van der Waals surface area contributed by atoms with Crippen molar-refractivity contribution in [3.8, 4) is 0 Å². The van der Waals surface area contributed by atoms with E-state index in [2.05, 4.69) is 10.3 Å². The molecule has 0 saturated carbocycles. The van der Waals surface area contributed by atoms with Crippen LogP contribution in [0.15, 0.2) is 53.3 Å². The van der Waals surface area contributed by atoms with Crippen molar-refractivity contribution in [1.82, 2.24) is 10.3 Å². The first-order valence-corrected chi connectivity index (χ1v) is 6.69. The minimum atomic E-state index is -0.966. The number of furan rings is 1. The number of rotatable bonds is 4. The van der Waals surface area contributed by atoms with Crippen LogP contribution in [0.4, 0.5) is 4.39 Å². The van der Waals surface area contributed by atoms with Gasteiger partial charge in [0.1, 0.15) is 17.7 Å². The normalized spacial score (nSPS) is 12.3. The van der Waals surface area contributed by atoms with Gasteiger partial charge in [0, 0.05) is 11.6 Å². The second-order valence-electron chi connectivity index (χ2n) is 4.77. The predicted molar refractivity (Wildman–Crippen MR) is 77.7 cm³/mol. The summed E-state index contributed by atoms with van der Waals surface area (Å²) >= 11 is 0. The summed E-state index contributed by atoms with van der Waals surface area (Å²) in [6.45, 7) is -0.0445. The molecule has 0 spiro atoms. The fraction of sp³-hybridized carbons (Fsp3) is 0.125. The van der Waals surface area contributed by atoms with Crippen molar-refractivity contribution in [3.05, 3.63) is 66.0 Å². The van der Waals surface area contributed by atoms with E-state index >= 15 is 0 Å². The second kappa shape index (κ2) is 5.95. The SMILES string of the molecule is O=C(NCC(O)c1ccco1)c1cc(F)cc2cccnc12. The molecule has 0 aliphatic carbocycles. The van der Waals surface area contributed by atoms with Gasteiger partial charge in [0.25, 0.3) is 5.91 Å². The van der Waals surface area contributed by atoms with E-state index in [4.69, 9.17) is 4.42 Å². The van der Waals surface area contributed by atoms with Gasteiger partial charge in [0.05, 0.1) is 23.9 Å².